The molecular weight excluding hydrogens is 322 g/mol. The van der Waals surface area contributed by atoms with Crippen molar-refractivity contribution in [3.63, 3.8) is 0 Å². The highest BCUT2D eigenvalue weighted by molar-refractivity contribution is 5.59. The molecule has 2 aromatic carbocycles. The van der Waals surface area contributed by atoms with Crippen LogP contribution in [0.4, 0.5) is 5.69 Å². The van der Waals surface area contributed by atoms with Crippen molar-refractivity contribution in [2.75, 3.05) is 24.5 Å². The van der Waals surface area contributed by atoms with Crippen molar-refractivity contribution < 1.29 is 4.42 Å². The van der Waals surface area contributed by atoms with Crippen LogP contribution in [-0.2, 0) is 6.54 Å². The number of anilines is 1. The van der Waals surface area contributed by atoms with Crippen molar-refractivity contribution >= 4 is 5.69 Å². The van der Waals surface area contributed by atoms with Gasteiger partial charge in [0.15, 0.2) is 6.39 Å². The molecule has 2 aliphatic rings. The number of nitrogens with zero attached hydrogens (tertiary/aromatic N) is 2. The second-order valence-electron chi connectivity index (χ2n) is 7.25. The van der Waals surface area contributed by atoms with Gasteiger partial charge in [-0.1, -0.05) is 48.5 Å². The fraction of sp³-hybridized carbons (Fsp3) is 0.318. The number of hydrogen-bond donors (Lipinski definition) is 1. The summed E-state index contributed by atoms with van der Waals surface area (Å²) in [6.07, 6.45) is 2.73. The van der Waals surface area contributed by atoms with E-state index in [0.29, 0.717) is 11.8 Å². The molecule has 3 heterocycles. The summed E-state index contributed by atoms with van der Waals surface area (Å²) in [7, 11) is 0. The lowest BCUT2D eigenvalue weighted by atomic mass is 9.84. The van der Waals surface area contributed by atoms with Crippen molar-refractivity contribution in [3.05, 3.63) is 83.6 Å². The average Bonchev–Trinajstić information content (AvgIpc) is 3.09. The summed E-state index contributed by atoms with van der Waals surface area (Å²) < 4.78 is 5.71. The molecule has 1 unspecified atom stereocenters. The molecule has 1 saturated heterocycles. The Bertz CT molecular complexity index is 885. The molecular formula is C22H23N3O. The van der Waals surface area contributed by atoms with Gasteiger partial charge in [-0.2, -0.15) is 0 Å². The lowest BCUT2D eigenvalue weighted by molar-refractivity contribution is 0.365. The maximum atomic E-state index is 5.71. The van der Waals surface area contributed by atoms with Gasteiger partial charge in [-0.25, -0.2) is 4.98 Å². The van der Waals surface area contributed by atoms with E-state index < -0.39 is 0 Å². The first kappa shape index (κ1) is 15.6. The Balaban J connectivity index is 1.45. The molecule has 1 fully saturated rings. The van der Waals surface area contributed by atoms with Gasteiger partial charge in [0, 0.05) is 37.2 Å². The molecule has 26 heavy (non-hydrogen) atoms. The molecule has 0 spiro atoms. The van der Waals surface area contributed by atoms with Crippen LogP contribution in [0.5, 0.6) is 0 Å². The van der Waals surface area contributed by atoms with Crippen LogP contribution in [0.25, 0.3) is 0 Å². The van der Waals surface area contributed by atoms with E-state index in [2.05, 4.69) is 69.8 Å². The van der Waals surface area contributed by atoms with Crippen molar-refractivity contribution in [2.24, 2.45) is 0 Å². The molecule has 1 aromatic heterocycles. The second kappa shape index (κ2) is 6.61. The third-order valence-electron chi connectivity index (χ3n) is 5.71. The third-order valence-corrected chi connectivity index (χ3v) is 5.71. The number of oxazole rings is 1. The Hall–Kier alpha value is -2.59. The monoisotopic (exact) mass is 345 g/mol. The van der Waals surface area contributed by atoms with Gasteiger partial charge in [-0.15, -0.1) is 0 Å². The van der Waals surface area contributed by atoms with Crippen LogP contribution in [0.3, 0.4) is 0 Å². The summed E-state index contributed by atoms with van der Waals surface area (Å²) in [5.41, 5.74) is 5.24. The molecule has 0 radical (unpaired) electrons. The largest absolute Gasteiger partial charge is 0.448 e. The molecule has 3 aromatic rings. The molecule has 1 atom stereocenters. The maximum Gasteiger partial charge on any atom is 0.181 e. The van der Waals surface area contributed by atoms with E-state index in [1.165, 1.54) is 16.8 Å². The normalized spacial score (nSPS) is 19.8. The molecule has 5 rings (SSSR count). The topological polar surface area (TPSA) is 41.3 Å². The van der Waals surface area contributed by atoms with Crippen LogP contribution in [-0.4, -0.2) is 24.6 Å². The van der Waals surface area contributed by atoms with Gasteiger partial charge in [0.2, 0.25) is 0 Å². The van der Waals surface area contributed by atoms with E-state index >= 15 is 0 Å². The zero-order chi connectivity index (χ0) is 17.3. The number of hydrogen-bond acceptors (Lipinski definition) is 4. The van der Waals surface area contributed by atoms with E-state index in [0.717, 1.165) is 44.1 Å². The quantitative estimate of drug-likeness (QED) is 0.778. The predicted molar refractivity (Wildman–Crippen MR) is 103 cm³/mol. The number of aromatic nitrogens is 1. The molecule has 4 heteroatoms. The predicted octanol–water partition coefficient (Wildman–Crippen LogP) is 3.90. The lowest BCUT2D eigenvalue weighted by Gasteiger charge is -2.36. The Morgan fingerprint density at radius 2 is 1.85 bits per heavy atom. The van der Waals surface area contributed by atoms with E-state index in [1.807, 2.05) is 0 Å². The SMILES string of the molecule is c1ccc(C2CCN(Cc3ncoc3C3CNC3)c3ccccc32)cc1. The number of nitrogens with one attached hydrogen (secondary N) is 1. The summed E-state index contributed by atoms with van der Waals surface area (Å²) in [6, 6.07) is 19.7. The van der Waals surface area contributed by atoms with Crippen molar-refractivity contribution in [1.82, 2.24) is 10.3 Å². The third kappa shape index (κ3) is 2.71. The molecule has 0 bridgehead atoms. The van der Waals surface area contributed by atoms with Crippen LogP contribution in [0.2, 0.25) is 0 Å². The zero-order valence-electron chi connectivity index (χ0n) is 14.8. The second-order valence-corrected chi connectivity index (χ2v) is 7.25. The summed E-state index contributed by atoms with van der Waals surface area (Å²) in [4.78, 5) is 6.99. The van der Waals surface area contributed by atoms with E-state index in [1.54, 1.807) is 6.39 Å². The molecule has 0 saturated carbocycles. The molecule has 0 amide bonds. The van der Waals surface area contributed by atoms with Gasteiger partial charge in [0.05, 0.1) is 6.54 Å². The highest BCUT2D eigenvalue weighted by Crippen LogP contribution is 2.40. The van der Waals surface area contributed by atoms with E-state index in [-0.39, 0.29) is 0 Å². The minimum Gasteiger partial charge on any atom is -0.448 e. The minimum absolute atomic E-state index is 0.469. The van der Waals surface area contributed by atoms with Crippen molar-refractivity contribution in [1.29, 1.82) is 0 Å². The molecule has 2 aliphatic heterocycles. The minimum atomic E-state index is 0.469. The molecule has 0 aliphatic carbocycles. The standard InChI is InChI=1S/C22H23N3O/c1-2-6-16(7-3-1)18-10-11-25(21-9-5-4-8-19(18)21)14-20-22(26-15-24-20)17-12-23-13-17/h1-9,15,17-18,23H,10-14H2. The fourth-order valence-electron chi connectivity index (χ4n) is 4.21. The van der Waals surface area contributed by atoms with Crippen LogP contribution in [0.15, 0.2) is 65.4 Å². The van der Waals surface area contributed by atoms with Crippen molar-refractivity contribution in [3.8, 4) is 0 Å². The van der Waals surface area contributed by atoms with Crippen LogP contribution in [0, 0.1) is 0 Å². The lowest BCUT2D eigenvalue weighted by Crippen LogP contribution is -2.40. The number of para-hydroxylation sites is 1. The van der Waals surface area contributed by atoms with Gasteiger partial charge in [0.1, 0.15) is 11.5 Å². The first-order valence-corrected chi connectivity index (χ1v) is 9.42. The van der Waals surface area contributed by atoms with Gasteiger partial charge >= 0.3 is 0 Å². The zero-order valence-corrected chi connectivity index (χ0v) is 14.8. The first-order valence-electron chi connectivity index (χ1n) is 9.42. The molecule has 132 valence electrons. The van der Waals surface area contributed by atoms with Gasteiger partial charge < -0.3 is 14.6 Å². The number of benzene rings is 2. The summed E-state index contributed by atoms with van der Waals surface area (Å²) in [6.45, 7) is 3.84. The smallest absolute Gasteiger partial charge is 0.181 e. The summed E-state index contributed by atoms with van der Waals surface area (Å²) in [5, 5.41) is 3.32. The van der Waals surface area contributed by atoms with Crippen molar-refractivity contribution in [2.45, 2.75) is 24.8 Å². The Labute approximate surface area is 153 Å². The first-order chi connectivity index (χ1) is 12.9. The average molecular weight is 345 g/mol. The fourth-order valence-corrected chi connectivity index (χ4v) is 4.21. The summed E-state index contributed by atoms with van der Waals surface area (Å²) in [5.74, 6) is 2.01. The van der Waals surface area contributed by atoms with Gasteiger partial charge in [-0.05, 0) is 23.6 Å². The van der Waals surface area contributed by atoms with E-state index in [4.69, 9.17) is 4.42 Å². The highest BCUT2D eigenvalue weighted by Gasteiger charge is 2.30. The van der Waals surface area contributed by atoms with Crippen LogP contribution >= 0.6 is 0 Å². The Morgan fingerprint density at radius 3 is 2.65 bits per heavy atom. The molecule has 1 N–H and O–H groups in total. The number of fused-ring (bicyclic) bond motifs is 1. The van der Waals surface area contributed by atoms with Gasteiger partial charge in [-0.3, -0.25) is 0 Å². The number of rotatable bonds is 4. The van der Waals surface area contributed by atoms with Crippen LogP contribution < -0.4 is 10.2 Å². The van der Waals surface area contributed by atoms with E-state index in [9.17, 15) is 0 Å². The Morgan fingerprint density at radius 1 is 1.04 bits per heavy atom. The highest BCUT2D eigenvalue weighted by atomic mass is 16.3. The Kier molecular flexibility index (Phi) is 3.98. The maximum absolute atomic E-state index is 5.71. The molecule has 4 nitrogen and oxygen atoms in total. The van der Waals surface area contributed by atoms with Gasteiger partial charge in [0.25, 0.3) is 0 Å². The van der Waals surface area contributed by atoms with Crippen LogP contribution in [0.1, 0.15) is 40.8 Å². The summed E-state index contributed by atoms with van der Waals surface area (Å²) >= 11 is 0.